The van der Waals surface area contributed by atoms with Crippen LogP contribution in [0.25, 0.3) is 88.5 Å². The second kappa shape index (κ2) is 11.3. The third-order valence-electron chi connectivity index (χ3n) is 9.21. The van der Waals surface area contributed by atoms with Gasteiger partial charge in [0, 0.05) is 29.1 Å². The van der Waals surface area contributed by atoms with Gasteiger partial charge in [0.05, 0.1) is 23.0 Å². The average molecular weight is 611 g/mol. The van der Waals surface area contributed by atoms with Gasteiger partial charge in [0.25, 0.3) is 0 Å². The number of hydrogen-bond donors (Lipinski definition) is 0. The molecule has 9 aromatic rings. The van der Waals surface area contributed by atoms with E-state index >= 15 is 0 Å². The Balaban J connectivity index is 1.13. The molecule has 0 bridgehead atoms. The molecule has 48 heavy (non-hydrogen) atoms. The van der Waals surface area contributed by atoms with Crippen molar-refractivity contribution in [3.05, 3.63) is 164 Å². The first-order valence-corrected chi connectivity index (χ1v) is 15.9. The van der Waals surface area contributed by atoms with E-state index in [4.69, 9.17) is 9.97 Å². The van der Waals surface area contributed by atoms with Gasteiger partial charge in [-0.15, -0.1) is 0 Å². The number of pyridine rings is 1. The molecule has 0 aliphatic heterocycles. The van der Waals surface area contributed by atoms with Gasteiger partial charge in [-0.2, -0.15) is 5.26 Å². The van der Waals surface area contributed by atoms with Gasteiger partial charge in [0.15, 0.2) is 5.82 Å². The van der Waals surface area contributed by atoms with Crippen molar-refractivity contribution in [1.82, 2.24) is 15.0 Å². The number of benzene rings is 7. The van der Waals surface area contributed by atoms with E-state index in [1.165, 1.54) is 37.9 Å². The Kier molecular flexibility index (Phi) is 6.48. The van der Waals surface area contributed by atoms with Crippen molar-refractivity contribution in [3.63, 3.8) is 0 Å². The average Bonchev–Trinajstić information content (AvgIpc) is 3.17. The summed E-state index contributed by atoms with van der Waals surface area (Å²) < 4.78 is 0. The lowest BCUT2D eigenvalue weighted by atomic mass is 9.90. The highest BCUT2D eigenvalue weighted by atomic mass is 14.9. The predicted octanol–water partition coefficient (Wildman–Crippen LogP) is 11.0. The fourth-order valence-corrected chi connectivity index (χ4v) is 6.75. The van der Waals surface area contributed by atoms with E-state index in [0.717, 1.165) is 44.8 Å². The normalized spacial score (nSPS) is 11.3. The van der Waals surface area contributed by atoms with Gasteiger partial charge in [-0.1, -0.05) is 115 Å². The SMILES string of the molecule is N#Cc1ccc(-c2cc(-c3ccc(-c4ccncc4)cc3)nc(-c3ccc(-c4ccc5ccc6cccc7ccc4c5c67)cc3)n2)cc1. The van der Waals surface area contributed by atoms with E-state index in [2.05, 4.69) is 114 Å². The Bertz CT molecular complexity index is 2620. The van der Waals surface area contributed by atoms with Crippen LogP contribution in [0.1, 0.15) is 5.56 Å². The molecule has 222 valence electrons. The summed E-state index contributed by atoms with van der Waals surface area (Å²) in [5.41, 5.74) is 9.68. The molecule has 0 aliphatic carbocycles. The maximum Gasteiger partial charge on any atom is 0.160 e. The van der Waals surface area contributed by atoms with Crippen molar-refractivity contribution in [2.45, 2.75) is 0 Å². The van der Waals surface area contributed by atoms with Crippen LogP contribution >= 0.6 is 0 Å². The van der Waals surface area contributed by atoms with E-state index < -0.39 is 0 Å². The maximum atomic E-state index is 9.35. The van der Waals surface area contributed by atoms with E-state index in [-0.39, 0.29) is 0 Å². The summed E-state index contributed by atoms with van der Waals surface area (Å²) in [6, 6.07) is 52.7. The smallest absolute Gasteiger partial charge is 0.160 e. The van der Waals surface area contributed by atoms with Crippen molar-refractivity contribution < 1.29 is 0 Å². The molecule has 0 atom stereocenters. The van der Waals surface area contributed by atoms with Gasteiger partial charge < -0.3 is 0 Å². The molecule has 0 unspecified atom stereocenters. The van der Waals surface area contributed by atoms with Gasteiger partial charge in [0.2, 0.25) is 0 Å². The summed E-state index contributed by atoms with van der Waals surface area (Å²) in [6.07, 6.45) is 3.61. The highest BCUT2D eigenvalue weighted by Crippen LogP contribution is 2.39. The zero-order valence-electron chi connectivity index (χ0n) is 25.8. The van der Waals surface area contributed by atoms with Crippen molar-refractivity contribution >= 4 is 32.3 Å². The Morgan fingerprint density at radius 3 is 1.62 bits per heavy atom. The fourth-order valence-electron chi connectivity index (χ4n) is 6.75. The predicted molar refractivity (Wildman–Crippen MR) is 195 cm³/mol. The molecule has 7 aromatic carbocycles. The van der Waals surface area contributed by atoms with Crippen LogP contribution in [0.4, 0.5) is 0 Å². The standard InChI is InChI=1S/C44H26N4/c45-27-28-4-6-32(7-5-28)40-26-41(33-12-8-29(9-13-33)30-22-24-46-25-23-30)48-44(47-40)37-16-10-31(11-17-37)38-20-18-36-15-14-34-2-1-3-35-19-21-39(38)43(36)42(34)35/h1-26H. The first-order valence-electron chi connectivity index (χ1n) is 15.9. The lowest BCUT2D eigenvalue weighted by Crippen LogP contribution is -1.96. The fraction of sp³-hybridized carbons (Fsp3) is 0. The molecule has 2 heterocycles. The third-order valence-corrected chi connectivity index (χ3v) is 9.21. The lowest BCUT2D eigenvalue weighted by Gasteiger charge is -2.14. The molecule has 0 fully saturated rings. The Hall–Kier alpha value is -6.70. The molecule has 0 saturated heterocycles. The van der Waals surface area contributed by atoms with Gasteiger partial charge in [-0.05, 0) is 84.9 Å². The number of nitrogens with zero attached hydrogens (tertiary/aromatic N) is 4. The summed E-state index contributed by atoms with van der Waals surface area (Å²) in [6.45, 7) is 0. The zero-order valence-corrected chi connectivity index (χ0v) is 25.8. The first-order chi connectivity index (χ1) is 23.7. The van der Waals surface area contributed by atoms with Crippen LogP contribution in [0, 0.1) is 11.3 Å². The Labute approximate surface area is 277 Å². The first kappa shape index (κ1) is 27.6. The van der Waals surface area contributed by atoms with E-state index in [9.17, 15) is 5.26 Å². The molecular weight excluding hydrogens is 585 g/mol. The van der Waals surface area contributed by atoms with Crippen LogP contribution in [0.5, 0.6) is 0 Å². The van der Waals surface area contributed by atoms with E-state index in [1.807, 2.05) is 42.5 Å². The highest BCUT2D eigenvalue weighted by molar-refractivity contribution is 6.25. The molecule has 0 spiro atoms. The number of aromatic nitrogens is 3. The van der Waals surface area contributed by atoms with Crippen LogP contribution in [0.2, 0.25) is 0 Å². The van der Waals surface area contributed by atoms with Crippen molar-refractivity contribution in [3.8, 4) is 62.2 Å². The number of hydrogen-bond acceptors (Lipinski definition) is 4. The summed E-state index contributed by atoms with van der Waals surface area (Å²) >= 11 is 0. The third kappa shape index (κ3) is 4.74. The Morgan fingerprint density at radius 1 is 0.438 bits per heavy atom. The molecular formula is C44H26N4. The second-order valence-corrected chi connectivity index (χ2v) is 12.0. The largest absolute Gasteiger partial charge is 0.265 e. The van der Waals surface area contributed by atoms with Gasteiger partial charge >= 0.3 is 0 Å². The minimum absolute atomic E-state index is 0.613. The maximum absolute atomic E-state index is 9.35. The summed E-state index contributed by atoms with van der Waals surface area (Å²) in [5, 5.41) is 17.0. The Morgan fingerprint density at radius 2 is 0.958 bits per heavy atom. The molecule has 0 aliphatic rings. The van der Waals surface area contributed by atoms with Crippen LogP contribution in [0.3, 0.4) is 0 Å². The molecule has 4 heteroatoms. The molecule has 0 N–H and O–H groups in total. The lowest BCUT2D eigenvalue weighted by molar-refractivity contribution is 1.18. The highest BCUT2D eigenvalue weighted by Gasteiger charge is 2.14. The van der Waals surface area contributed by atoms with Crippen LogP contribution < -0.4 is 0 Å². The summed E-state index contributed by atoms with van der Waals surface area (Å²) in [4.78, 5) is 14.2. The summed E-state index contributed by atoms with van der Waals surface area (Å²) in [7, 11) is 0. The minimum atomic E-state index is 0.613. The molecule has 0 radical (unpaired) electrons. The van der Waals surface area contributed by atoms with Gasteiger partial charge in [-0.25, -0.2) is 9.97 Å². The molecule has 0 saturated carbocycles. The van der Waals surface area contributed by atoms with Crippen LogP contribution in [0.15, 0.2) is 158 Å². The second-order valence-electron chi connectivity index (χ2n) is 12.0. The van der Waals surface area contributed by atoms with E-state index in [1.54, 1.807) is 12.4 Å². The number of nitriles is 1. The van der Waals surface area contributed by atoms with Crippen LogP contribution in [-0.2, 0) is 0 Å². The summed E-state index contributed by atoms with van der Waals surface area (Å²) in [5.74, 6) is 0.645. The molecule has 0 amide bonds. The van der Waals surface area contributed by atoms with Crippen molar-refractivity contribution in [2.75, 3.05) is 0 Å². The van der Waals surface area contributed by atoms with E-state index in [0.29, 0.717) is 11.4 Å². The molecule has 9 rings (SSSR count). The van der Waals surface area contributed by atoms with Crippen molar-refractivity contribution in [2.24, 2.45) is 0 Å². The monoisotopic (exact) mass is 610 g/mol. The molecule has 2 aromatic heterocycles. The van der Waals surface area contributed by atoms with Gasteiger partial charge in [-0.3, -0.25) is 4.98 Å². The van der Waals surface area contributed by atoms with Gasteiger partial charge in [0.1, 0.15) is 0 Å². The topological polar surface area (TPSA) is 62.5 Å². The zero-order chi connectivity index (χ0) is 32.0. The van der Waals surface area contributed by atoms with Crippen LogP contribution in [-0.4, -0.2) is 15.0 Å². The van der Waals surface area contributed by atoms with Crippen molar-refractivity contribution in [1.29, 1.82) is 5.26 Å². The number of rotatable bonds is 5. The molecule has 4 nitrogen and oxygen atoms in total. The quantitative estimate of drug-likeness (QED) is 0.182. The minimum Gasteiger partial charge on any atom is -0.265 e.